The molecule has 1 aliphatic rings. The molecule has 0 aromatic carbocycles. The van der Waals surface area contributed by atoms with Crippen LogP contribution in [0.15, 0.2) is 4.90 Å². The molecule has 0 radical (unpaired) electrons. The Morgan fingerprint density at radius 1 is 1.23 bits per heavy atom. The third kappa shape index (κ3) is 4.08. The number of carboxylic acids is 1. The van der Waals surface area contributed by atoms with Gasteiger partial charge < -0.3 is 9.84 Å². The van der Waals surface area contributed by atoms with Crippen LogP contribution in [0.4, 0.5) is 22.0 Å². The fourth-order valence-corrected chi connectivity index (χ4v) is 4.24. The molecule has 0 saturated heterocycles. The summed E-state index contributed by atoms with van der Waals surface area (Å²) >= 11 is 0.683. The maximum absolute atomic E-state index is 13.3. The van der Waals surface area contributed by atoms with E-state index in [9.17, 15) is 36.6 Å². The molecule has 0 amide bonds. The predicted octanol–water partition coefficient (Wildman–Crippen LogP) is 4.56. The van der Waals surface area contributed by atoms with E-state index < -0.39 is 52.0 Å². The summed E-state index contributed by atoms with van der Waals surface area (Å²) in [6.45, 7) is 0. The minimum atomic E-state index is -5.28. The van der Waals surface area contributed by atoms with Crippen LogP contribution in [0, 0.1) is 0 Å². The Morgan fingerprint density at radius 2 is 1.81 bits per heavy atom. The van der Waals surface area contributed by atoms with Gasteiger partial charge in [0.05, 0.1) is 7.11 Å². The number of pyridine rings is 1. The number of ether oxygens (including phenoxy) is 1. The number of methoxy groups -OCH3 is 1. The van der Waals surface area contributed by atoms with Gasteiger partial charge in [-0.1, -0.05) is 12.8 Å². The maximum Gasteiger partial charge on any atom is 0.434 e. The first-order valence-corrected chi connectivity index (χ1v) is 8.37. The van der Waals surface area contributed by atoms with Crippen molar-refractivity contribution in [3.8, 4) is 0 Å². The Labute approximate surface area is 148 Å². The Kier molecular flexibility index (Phi) is 6.09. The van der Waals surface area contributed by atoms with E-state index in [0.29, 0.717) is 24.6 Å². The number of carboxylic acid groups (broad SMARTS) is 1. The highest BCUT2D eigenvalue weighted by molar-refractivity contribution is 8.00. The number of alkyl halides is 5. The number of carbonyl (C=O) groups excluding carboxylic acids is 1. The highest BCUT2D eigenvalue weighted by Crippen LogP contribution is 2.44. The lowest BCUT2D eigenvalue weighted by Gasteiger charge is -2.20. The van der Waals surface area contributed by atoms with Gasteiger partial charge in [0.1, 0.15) is 16.8 Å². The monoisotopic (exact) mass is 399 g/mol. The molecule has 0 unspecified atom stereocenters. The van der Waals surface area contributed by atoms with E-state index in [4.69, 9.17) is 0 Å². The summed E-state index contributed by atoms with van der Waals surface area (Å²) in [5.41, 5.74) is -5.62. The number of hydrogen-bond acceptors (Lipinski definition) is 5. The smallest absolute Gasteiger partial charge is 0.434 e. The van der Waals surface area contributed by atoms with Crippen molar-refractivity contribution in [3.63, 3.8) is 0 Å². The summed E-state index contributed by atoms with van der Waals surface area (Å²) in [5, 5.41) is 9.01. The van der Waals surface area contributed by atoms with Crippen molar-refractivity contribution in [2.75, 3.05) is 7.11 Å². The molecule has 1 aromatic rings. The van der Waals surface area contributed by atoms with Gasteiger partial charge in [0.2, 0.25) is 0 Å². The van der Waals surface area contributed by atoms with Crippen molar-refractivity contribution >= 4 is 23.7 Å². The van der Waals surface area contributed by atoms with Crippen LogP contribution >= 0.6 is 11.8 Å². The summed E-state index contributed by atoms with van der Waals surface area (Å²) in [7, 11) is 0.861. The first kappa shape index (κ1) is 20.4. The third-order valence-corrected chi connectivity index (χ3v) is 5.29. The van der Waals surface area contributed by atoms with E-state index in [1.807, 2.05) is 0 Å². The van der Waals surface area contributed by atoms with Crippen LogP contribution in [-0.2, 0) is 10.9 Å². The molecule has 1 fully saturated rings. The highest BCUT2D eigenvalue weighted by Gasteiger charge is 2.43. The molecule has 0 aliphatic heterocycles. The molecule has 1 saturated carbocycles. The Balaban J connectivity index is 2.84. The normalized spacial score (nSPS) is 15.5. The molecule has 11 heteroatoms. The van der Waals surface area contributed by atoms with Crippen LogP contribution in [0.2, 0.25) is 0 Å². The maximum atomic E-state index is 13.3. The summed E-state index contributed by atoms with van der Waals surface area (Å²) in [6, 6.07) is 0. The van der Waals surface area contributed by atoms with E-state index in [-0.39, 0.29) is 5.25 Å². The summed E-state index contributed by atoms with van der Waals surface area (Å²) in [5.74, 6) is -3.36. The minimum absolute atomic E-state index is 0.287. The van der Waals surface area contributed by atoms with E-state index in [1.54, 1.807) is 0 Å². The highest BCUT2D eigenvalue weighted by atomic mass is 32.2. The van der Waals surface area contributed by atoms with Gasteiger partial charge in [-0.15, -0.1) is 11.8 Å². The third-order valence-electron chi connectivity index (χ3n) is 3.84. The van der Waals surface area contributed by atoms with Crippen LogP contribution in [0.1, 0.15) is 64.2 Å². The predicted molar refractivity (Wildman–Crippen MR) is 80.6 cm³/mol. The molecule has 1 aliphatic carbocycles. The number of hydrogen-bond donors (Lipinski definition) is 1. The SMILES string of the molecule is COC(=O)c1c(C(F)F)nc(C(F)(F)F)c(C(=O)O)c1SC1CCCC1. The summed E-state index contributed by atoms with van der Waals surface area (Å²) in [6.07, 6.45) is -6.12. The van der Waals surface area contributed by atoms with Gasteiger partial charge in [-0.05, 0) is 12.8 Å². The van der Waals surface area contributed by atoms with E-state index in [0.717, 1.165) is 20.0 Å². The first-order chi connectivity index (χ1) is 12.1. The zero-order chi connectivity index (χ0) is 19.6. The molecule has 2 rings (SSSR count). The fourth-order valence-electron chi connectivity index (χ4n) is 2.73. The van der Waals surface area contributed by atoms with E-state index in [1.165, 1.54) is 0 Å². The molecule has 1 N–H and O–H groups in total. The molecule has 1 aromatic heterocycles. The van der Waals surface area contributed by atoms with Crippen molar-refractivity contribution in [3.05, 3.63) is 22.5 Å². The van der Waals surface area contributed by atoms with Crippen molar-refractivity contribution < 1.29 is 41.4 Å². The van der Waals surface area contributed by atoms with Gasteiger partial charge in [-0.2, -0.15) is 13.2 Å². The van der Waals surface area contributed by atoms with Crippen LogP contribution < -0.4 is 0 Å². The second-order valence-electron chi connectivity index (χ2n) is 5.54. The van der Waals surface area contributed by atoms with Crippen molar-refractivity contribution in [2.45, 2.75) is 48.4 Å². The van der Waals surface area contributed by atoms with Gasteiger partial charge in [0.15, 0.2) is 5.69 Å². The van der Waals surface area contributed by atoms with Gasteiger partial charge >= 0.3 is 18.1 Å². The molecule has 144 valence electrons. The average Bonchev–Trinajstić information content (AvgIpc) is 3.04. The second kappa shape index (κ2) is 7.77. The molecular formula is C15H14F5NO4S. The zero-order valence-corrected chi connectivity index (χ0v) is 14.2. The lowest BCUT2D eigenvalue weighted by molar-refractivity contribution is -0.142. The van der Waals surface area contributed by atoms with Crippen molar-refractivity contribution in [1.82, 2.24) is 4.98 Å². The molecule has 0 spiro atoms. The zero-order valence-electron chi connectivity index (χ0n) is 13.4. The number of carbonyl (C=O) groups is 2. The van der Waals surface area contributed by atoms with Gasteiger partial charge in [0, 0.05) is 10.1 Å². The first-order valence-electron chi connectivity index (χ1n) is 7.49. The largest absolute Gasteiger partial charge is 0.478 e. The average molecular weight is 399 g/mol. The molecule has 5 nitrogen and oxygen atoms in total. The molecular weight excluding hydrogens is 385 g/mol. The summed E-state index contributed by atoms with van der Waals surface area (Å²) < 4.78 is 70.8. The number of aromatic nitrogens is 1. The molecule has 1 heterocycles. The Morgan fingerprint density at radius 3 is 2.23 bits per heavy atom. The van der Waals surface area contributed by atoms with Crippen molar-refractivity contribution in [2.24, 2.45) is 0 Å². The molecule has 0 atom stereocenters. The van der Waals surface area contributed by atoms with E-state index in [2.05, 4.69) is 9.72 Å². The van der Waals surface area contributed by atoms with Crippen LogP contribution in [0.5, 0.6) is 0 Å². The number of nitrogens with zero attached hydrogens (tertiary/aromatic N) is 1. The standard InChI is InChI=1S/C15H14F5NO4S/c1-25-14(24)7-9(12(16)17)21-11(15(18,19)20)8(13(22)23)10(7)26-6-4-2-3-5-6/h6,12H,2-5H2,1H3,(H,22,23). The van der Waals surface area contributed by atoms with Crippen LogP contribution in [0.3, 0.4) is 0 Å². The molecule has 0 bridgehead atoms. The van der Waals surface area contributed by atoms with Crippen LogP contribution in [0.25, 0.3) is 0 Å². The lowest BCUT2D eigenvalue weighted by Crippen LogP contribution is -2.23. The van der Waals surface area contributed by atoms with Crippen molar-refractivity contribution in [1.29, 1.82) is 0 Å². The quantitative estimate of drug-likeness (QED) is 0.578. The number of esters is 1. The minimum Gasteiger partial charge on any atom is -0.478 e. The van der Waals surface area contributed by atoms with Gasteiger partial charge in [-0.25, -0.2) is 23.4 Å². The lowest BCUT2D eigenvalue weighted by atomic mass is 10.1. The number of aromatic carboxylic acids is 1. The number of rotatable bonds is 5. The number of thioether (sulfide) groups is 1. The van der Waals surface area contributed by atoms with Crippen LogP contribution in [-0.4, -0.2) is 34.4 Å². The second-order valence-corrected chi connectivity index (χ2v) is 6.85. The fraction of sp³-hybridized carbons (Fsp3) is 0.533. The molecule has 26 heavy (non-hydrogen) atoms. The van der Waals surface area contributed by atoms with Gasteiger partial charge in [-0.3, -0.25) is 0 Å². The number of halogens is 5. The Hall–Kier alpha value is -1.91. The van der Waals surface area contributed by atoms with Gasteiger partial charge in [0.25, 0.3) is 6.43 Å². The van der Waals surface area contributed by atoms with E-state index >= 15 is 0 Å². The Bertz CT molecular complexity index is 717. The summed E-state index contributed by atoms with van der Waals surface area (Å²) in [4.78, 5) is 25.6. The topological polar surface area (TPSA) is 76.5 Å².